The molecule has 0 amide bonds. The van der Waals surface area contributed by atoms with Crippen LogP contribution in [0.1, 0.15) is 51.9 Å². The number of rotatable bonds is 6. The Labute approximate surface area is 93.8 Å². The monoisotopic (exact) mass is 217 g/mol. The third-order valence-electron chi connectivity index (χ3n) is 3.33. The normalized spacial score (nSPS) is 19.1. The largest absolute Gasteiger partial charge is 0.301 e. The van der Waals surface area contributed by atoms with Gasteiger partial charge >= 0.3 is 0 Å². The molecule has 1 aliphatic carbocycles. The maximum atomic E-state index is 5.70. The molecule has 0 unspecified atom stereocenters. The van der Waals surface area contributed by atoms with E-state index in [4.69, 9.17) is 11.6 Å². The molecule has 0 aromatic rings. The van der Waals surface area contributed by atoms with Gasteiger partial charge in [-0.15, -0.1) is 11.6 Å². The Bertz CT molecular complexity index is 132. The third-order valence-corrected chi connectivity index (χ3v) is 3.59. The molecule has 0 aromatic carbocycles. The maximum Gasteiger partial charge on any atom is 0.0223 e. The lowest BCUT2D eigenvalue weighted by Crippen LogP contribution is -2.37. The van der Waals surface area contributed by atoms with Crippen LogP contribution in [-0.2, 0) is 0 Å². The molecule has 0 atom stereocenters. The highest BCUT2D eigenvalue weighted by molar-refractivity contribution is 6.17. The van der Waals surface area contributed by atoms with Crippen LogP contribution in [0.25, 0.3) is 0 Å². The van der Waals surface area contributed by atoms with Crippen LogP contribution in [0.5, 0.6) is 0 Å². The zero-order valence-electron chi connectivity index (χ0n) is 9.47. The molecular formula is C12H24ClN. The lowest BCUT2D eigenvalue weighted by molar-refractivity contribution is 0.162. The van der Waals surface area contributed by atoms with Crippen molar-refractivity contribution in [1.29, 1.82) is 0 Å². The minimum atomic E-state index is 0.822. The van der Waals surface area contributed by atoms with Crippen LogP contribution >= 0.6 is 11.6 Å². The van der Waals surface area contributed by atoms with Gasteiger partial charge in [-0.1, -0.05) is 26.2 Å². The first-order valence-electron chi connectivity index (χ1n) is 6.18. The van der Waals surface area contributed by atoms with Gasteiger partial charge in [0.05, 0.1) is 0 Å². The van der Waals surface area contributed by atoms with E-state index in [1.165, 1.54) is 58.0 Å². The quantitative estimate of drug-likeness (QED) is 0.485. The minimum absolute atomic E-state index is 0.822. The van der Waals surface area contributed by atoms with Crippen molar-refractivity contribution in [3.63, 3.8) is 0 Å². The standard InChI is InChI=1S/C12H24ClN/c1-2-14(11-7-6-10-13)12-8-4-3-5-9-12/h12H,2-11H2,1H3. The number of hydrogen-bond donors (Lipinski definition) is 0. The van der Waals surface area contributed by atoms with Crippen LogP contribution in [0, 0.1) is 0 Å². The zero-order valence-corrected chi connectivity index (χ0v) is 10.2. The van der Waals surface area contributed by atoms with Crippen LogP contribution in [0.15, 0.2) is 0 Å². The number of alkyl halides is 1. The molecule has 0 spiro atoms. The van der Waals surface area contributed by atoms with E-state index in [1.807, 2.05) is 0 Å². The maximum absolute atomic E-state index is 5.70. The van der Waals surface area contributed by atoms with Crippen molar-refractivity contribution in [1.82, 2.24) is 4.90 Å². The average Bonchev–Trinajstić information content (AvgIpc) is 2.26. The SMILES string of the molecule is CCN(CCCCCl)C1CCCCC1. The summed E-state index contributed by atoms with van der Waals surface area (Å²) < 4.78 is 0. The first kappa shape index (κ1) is 12.3. The van der Waals surface area contributed by atoms with E-state index in [0.717, 1.165) is 11.9 Å². The fourth-order valence-electron chi connectivity index (χ4n) is 2.45. The molecule has 1 aliphatic rings. The Hall–Kier alpha value is 0.250. The predicted molar refractivity (Wildman–Crippen MR) is 64.1 cm³/mol. The molecular weight excluding hydrogens is 194 g/mol. The van der Waals surface area contributed by atoms with E-state index in [1.54, 1.807) is 0 Å². The summed E-state index contributed by atoms with van der Waals surface area (Å²) in [6, 6.07) is 0.879. The summed E-state index contributed by atoms with van der Waals surface area (Å²) in [5.74, 6) is 0.822. The van der Waals surface area contributed by atoms with Crippen molar-refractivity contribution in [2.75, 3.05) is 19.0 Å². The molecule has 1 fully saturated rings. The molecule has 1 saturated carbocycles. The van der Waals surface area contributed by atoms with E-state index < -0.39 is 0 Å². The fraction of sp³-hybridized carbons (Fsp3) is 1.00. The smallest absolute Gasteiger partial charge is 0.0223 e. The Morgan fingerprint density at radius 1 is 1.14 bits per heavy atom. The van der Waals surface area contributed by atoms with Gasteiger partial charge in [0.2, 0.25) is 0 Å². The molecule has 0 radical (unpaired) electrons. The van der Waals surface area contributed by atoms with Gasteiger partial charge in [0, 0.05) is 11.9 Å². The van der Waals surface area contributed by atoms with E-state index >= 15 is 0 Å². The summed E-state index contributed by atoms with van der Waals surface area (Å²) in [4.78, 5) is 2.66. The third kappa shape index (κ3) is 4.18. The molecule has 0 heterocycles. The molecule has 14 heavy (non-hydrogen) atoms. The first-order valence-corrected chi connectivity index (χ1v) is 6.72. The van der Waals surface area contributed by atoms with E-state index in [2.05, 4.69) is 11.8 Å². The number of nitrogens with zero attached hydrogens (tertiary/aromatic N) is 1. The van der Waals surface area contributed by atoms with E-state index in [0.29, 0.717) is 0 Å². The zero-order chi connectivity index (χ0) is 10.2. The van der Waals surface area contributed by atoms with Crippen LogP contribution in [0.4, 0.5) is 0 Å². The van der Waals surface area contributed by atoms with Crippen molar-refractivity contribution < 1.29 is 0 Å². The van der Waals surface area contributed by atoms with Crippen molar-refractivity contribution in [3.05, 3.63) is 0 Å². The highest BCUT2D eigenvalue weighted by Gasteiger charge is 2.18. The van der Waals surface area contributed by atoms with Gasteiger partial charge in [0.1, 0.15) is 0 Å². The van der Waals surface area contributed by atoms with Crippen LogP contribution < -0.4 is 0 Å². The van der Waals surface area contributed by atoms with Gasteiger partial charge < -0.3 is 4.90 Å². The summed E-state index contributed by atoms with van der Waals surface area (Å²) in [7, 11) is 0. The molecule has 0 aromatic heterocycles. The number of hydrogen-bond acceptors (Lipinski definition) is 1. The topological polar surface area (TPSA) is 3.24 Å². The van der Waals surface area contributed by atoms with Gasteiger partial charge in [-0.3, -0.25) is 0 Å². The molecule has 1 nitrogen and oxygen atoms in total. The minimum Gasteiger partial charge on any atom is -0.301 e. The highest BCUT2D eigenvalue weighted by atomic mass is 35.5. The van der Waals surface area contributed by atoms with Crippen LogP contribution in [0.2, 0.25) is 0 Å². The number of halogens is 1. The Morgan fingerprint density at radius 2 is 1.86 bits per heavy atom. The van der Waals surface area contributed by atoms with Gasteiger partial charge in [-0.05, 0) is 38.8 Å². The van der Waals surface area contributed by atoms with Gasteiger partial charge in [-0.25, -0.2) is 0 Å². The highest BCUT2D eigenvalue weighted by Crippen LogP contribution is 2.22. The summed E-state index contributed by atoms with van der Waals surface area (Å²) >= 11 is 5.70. The Morgan fingerprint density at radius 3 is 2.43 bits per heavy atom. The molecule has 0 bridgehead atoms. The Kier molecular flexibility index (Phi) is 6.63. The molecule has 2 heteroatoms. The average molecular weight is 218 g/mol. The van der Waals surface area contributed by atoms with Crippen molar-refractivity contribution in [3.8, 4) is 0 Å². The van der Waals surface area contributed by atoms with Crippen LogP contribution in [-0.4, -0.2) is 29.9 Å². The van der Waals surface area contributed by atoms with Crippen molar-refractivity contribution >= 4 is 11.6 Å². The van der Waals surface area contributed by atoms with Gasteiger partial charge in [0.15, 0.2) is 0 Å². The first-order chi connectivity index (χ1) is 6.88. The van der Waals surface area contributed by atoms with E-state index in [9.17, 15) is 0 Å². The fourth-order valence-corrected chi connectivity index (χ4v) is 2.64. The van der Waals surface area contributed by atoms with E-state index in [-0.39, 0.29) is 0 Å². The molecule has 1 rings (SSSR count). The lowest BCUT2D eigenvalue weighted by Gasteiger charge is -2.33. The van der Waals surface area contributed by atoms with Gasteiger partial charge in [0.25, 0.3) is 0 Å². The second-order valence-corrected chi connectivity index (χ2v) is 4.69. The molecule has 84 valence electrons. The van der Waals surface area contributed by atoms with Crippen LogP contribution in [0.3, 0.4) is 0 Å². The summed E-state index contributed by atoms with van der Waals surface area (Å²) in [6.07, 6.45) is 9.63. The molecule has 0 saturated heterocycles. The number of unbranched alkanes of at least 4 members (excludes halogenated alkanes) is 1. The summed E-state index contributed by atoms with van der Waals surface area (Å²) in [5, 5.41) is 0. The Balaban J connectivity index is 2.21. The van der Waals surface area contributed by atoms with Gasteiger partial charge in [-0.2, -0.15) is 0 Å². The molecule has 0 aliphatic heterocycles. The summed E-state index contributed by atoms with van der Waals surface area (Å²) in [6.45, 7) is 4.76. The second kappa shape index (κ2) is 7.53. The lowest BCUT2D eigenvalue weighted by atomic mass is 9.94. The van der Waals surface area contributed by atoms with Crippen molar-refractivity contribution in [2.45, 2.75) is 57.9 Å². The van der Waals surface area contributed by atoms with Crippen molar-refractivity contribution in [2.24, 2.45) is 0 Å². The summed E-state index contributed by atoms with van der Waals surface area (Å²) in [5.41, 5.74) is 0. The predicted octanol–water partition coefficient (Wildman–Crippen LogP) is 3.66. The molecule has 0 N–H and O–H groups in total. The second-order valence-electron chi connectivity index (χ2n) is 4.32.